The molecule has 0 amide bonds. The van der Waals surface area contributed by atoms with Crippen LogP contribution in [-0.2, 0) is 0 Å². The fourth-order valence-electron chi connectivity index (χ4n) is 6.89. The first-order chi connectivity index (χ1) is 19.9. The zero-order valence-electron chi connectivity index (χ0n) is 21.8. The van der Waals surface area contributed by atoms with Crippen molar-refractivity contribution < 1.29 is 0 Å². The molecule has 0 spiro atoms. The van der Waals surface area contributed by atoms with Crippen LogP contribution < -0.4 is 0 Å². The number of aromatic nitrogens is 2. The Morgan fingerprint density at radius 1 is 0.325 bits per heavy atom. The maximum atomic E-state index is 2.52. The number of nitrogens with zero attached hydrogens (tertiary/aromatic N) is 2. The lowest BCUT2D eigenvalue weighted by Crippen LogP contribution is -1.97. The van der Waals surface area contributed by atoms with Crippen LogP contribution >= 0.6 is 0 Å². The van der Waals surface area contributed by atoms with Crippen LogP contribution in [0, 0.1) is 0 Å². The van der Waals surface area contributed by atoms with Gasteiger partial charge in [-0.15, -0.1) is 0 Å². The largest absolute Gasteiger partial charge is 0.309 e. The quantitative estimate of drug-likeness (QED) is 0.220. The Labute approximate surface area is 230 Å². The fraction of sp³-hybridized carbons (Fsp3) is 0. The van der Waals surface area contributed by atoms with Crippen molar-refractivity contribution in [2.24, 2.45) is 0 Å². The van der Waals surface area contributed by atoms with Crippen LogP contribution in [0.3, 0.4) is 0 Å². The molecule has 0 atom stereocenters. The molecule has 0 aliphatic carbocycles. The summed E-state index contributed by atoms with van der Waals surface area (Å²) in [5, 5.41) is 10.2. The van der Waals surface area contributed by atoms with Gasteiger partial charge in [0.15, 0.2) is 0 Å². The van der Waals surface area contributed by atoms with Gasteiger partial charge in [0.25, 0.3) is 0 Å². The third-order valence-electron chi connectivity index (χ3n) is 8.46. The second kappa shape index (κ2) is 8.08. The monoisotopic (exact) mass is 508 g/mol. The predicted molar refractivity (Wildman–Crippen MR) is 170 cm³/mol. The molecule has 7 aromatic carbocycles. The molecule has 0 saturated carbocycles. The molecule has 0 unspecified atom stereocenters. The Hall–Kier alpha value is -5.34. The molecule has 2 aromatic heterocycles. The van der Waals surface area contributed by atoms with Gasteiger partial charge < -0.3 is 9.13 Å². The van der Waals surface area contributed by atoms with Crippen LogP contribution in [0.1, 0.15) is 0 Å². The van der Waals surface area contributed by atoms with Crippen LogP contribution in [0.25, 0.3) is 76.5 Å². The van der Waals surface area contributed by atoms with E-state index >= 15 is 0 Å². The molecule has 0 aliphatic rings. The van der Waals surface area contributed by atoms with Crippen LogP contribution in [0.5, 0.6) is 0 Å². The van der Waals surface area contributed by atoms with Crippen LogP contribution in [0.15, 0.2) is 146 Å². The Morgan fingerprint density at radius 3 is 1.65 bits per heavy atom. The van der Waals surface area contributed by atoms with Gasteiger partial charge in [-0.3, -0.25) is 0 Å². The van der Waals surface area contributed by atoms with Crippen LogP contribution in [0.4, 0.5) is 0 Å². The first-order valence-corrected chi connectivity index (χ1v) is 13.8. The lowest BCUT2D eigenvalue weighted by molar-refractivity contribution is 1.18. The molecule has 9 rings (SSSR count). The minimum absolute atomic E-state index is 1.17. The molecule has 186 valence electrons. The summed E-state index contributed by atoms with van der Waals surface area (Å²) >= 11 is 0. The van der Waals surface area contributed by atoms with E-state index in [-0.39, 0.29) is 0 Å². The molecule has 40 heavy (non-hydrogen) atoms. The van der Waals surface area contributed by atoms with E-state index in [1.807, 2.05) is 0 Å². The van der Waals surface area contributed by atoms with Gasteiger partial charge in [0.2, 0.25) is 0 Å². The summed E-state index contributed by atoms with van der Waals surface area (Å²) in [7, 11) is 0. The summed E-state index contributed by atoms with van der Waals surface area (Å²) in [4.78, 5) is 0. The highest BCUT2D eigenvalue weighted by molar-refractivity contribution is 6.36. The molecule has 0 aliphatic heterocycles. The van der Waals surface area contributed by atoms with E-state index in [2.05, 4.69) is 155 Å². The molecular weight excluding hydrogens is 484 g/mol. The van der Waals surface area contributed by atoms with E-state index in [4.69, 9.17) is 0 Å². The molecule has 2 heteroatoms. The number of para-hydroxylation sites is 3. The smallest absolute Gasteiger partial charge is 0.0648 e. The topological polar surface area (TPSA) is 9.86 Å². The third-order valence-corrected chi connectivity index (χ3v) is 8.46. The van der Waals surface area contributed by atoms with Gasteiger partial charge in [-0.05, 0) is 41.1 Å². The van der Waals surface area contributed by atoms with Crippen molar-refractivity contribution in [1.82, 2.24) is 9.13 Å². The average molecular weight is 509 g/mol. The van der Waals surface area contributed by atoms with E-state index in [1.54, 1.807) is 0 Å². The van der Waals surface area contributed by atoms with Crippen molar-refractivity contribution >= 4 is 65.2 Å². The summed E-state index contributed by atoms with van der Waals surface area (Å²) in [6, 6.07) is 52.8. The molecule has 0 N–H and O–H groups in total. The highest BCUT2D eigenvalue weighted by atomic mass is 15.0. The average Bonchev–Trinajstić information content (AvgIpc) is 3.55. The molecule has 2 heterocycles. The fourth-order valence-corrected chi connectivity index (χ4v) is 6.89. The van der Waals surface area contributed by atoms with Crippen molar-refractivity contribution in [3.63, 3.8) is 0 Å². The van der Waals surface area contributed by atoms with E-state index in [9.17, 15) is 0 Å². The molecule has 9 aromatic rings. The normalized spacial score (nSPS) is 12.0. The van der Waals surface area contributed by atoms with E-state index < -0.39 is 0 Å². The van der Waals surface area contributed by atoms with Gasteiger partial charge in [-0.2, -0.15) is 0 Å². The summed E-state index contributed by atoms with van der Waals surface area (Å²) in [6.07, 6.45) is 0. The molecule has 2 nitrogen and oxygen atoms in total. The molecule has 0 saturated heterocycles. The van der Waals surface area contributed by atoms with Crippen molar-refractivity contribution in [1.29, 1.82) is 0 Å². The Bertz CT molecular complexity index is 2420. The lowest BCUT2D eigenvalue weighted by Gasteiger charge is -2.14. The molecule has 0 fully saturated rings. The van der Waals surface area contributed by atoms with Crippen molar-refractivity contribution in [3.8, 4) is 11.4 Å². The van der Waals surface area contributed by atoms with Crippen molar-refractivity contribution in [2.75, 3.05) is 0 Å². The van der Waals surface area contributed by atoms with Gasteiger partial charge in [0.05, 0.1) is 27.8 Å². The summed E-state index contributed by atoms with van der Waals surface area (Å²) in [5.41, 5.74) is 7.33. The van der Waals surface area contributed by atoms with Gasteiger partial charge >= 0.3 is 0 Å². The standard InChI is InChI=1S/C38H24N2/c1-2-15-26(16-3-1)39-33-22-10-9-21-31(33)36-37(39)29-19-7-6-18-28(29)35-30-20-8-11-23-34(30)40(38(35)36)32-24-12-14-25-13-4-5-17-27(25)32/h1-24H. The van der Waals surface area contributed by atoms with Gasteiger partial charge in [-0.25, -0.2) is 0 Å². The number of hydrogen-bond acceptors (Lipinski definition) is 0. The first kappa shape index (κ1) is 21.6. The van der Waals surface area contributed by atoms with E-state index in [0.717, 1.165) is 0 Å². The number of rotatable bonds is 2. The first-order valence-electron chi connectivity index (χ1n) is 13.8. The van der Waals surface area contributed by atoms with Crippen molar-refractivity contribution in [2.45, 2.75) is 0 Å². The highest BCUT2D eigenvalue weighted by Crippen LogP contribution is 2.47. The lowest BCUT2D eigenvalue weighted by atomic mass is 9.99. The predicted octanol–water partition coefficient (Wildman–Crippen LogP) is 10.2. The molecule has 0 bridgehead atoms. The number of fused-ring (bicyclic) bond motifs is 11. The highest BCUT2D eigenvalue weighted by Gasteiger charge is 2.24. The van der Waals surface area contributed by atoms with Crippen LogP contribution in [-0.4, -0.2) is 9.13 Å². The number of hydrogen-bond donors (Lipinski definition) is 0. The zero-order chi connectivity index (χ0) is 26.2. The second-order valence-corrected chi connectivity index (χ2v) is 10.5. The van der Waals surface area contributed by atoms with Crippen LogP contribution in [0.2, 0.25) is 0 Å². The minimum atomic E-state index is 1.17. The zero-order valence-corrected chi connectivity index (χ0v) is 21.8. The van der Waals surface area contributed by atoms with Crippen molar-refractivity contribution in [3.05, 3.63) is 146 Å². The third kappa shape index (κ3) is 2.77. The Kier molecular flexibility index (Phi) is 4.36. The van der Waals surface area contributed by atoms with Gasteiger partial charge in [0.1, 0.15) is 0 Å². The molecular formula is C38H24N2. The maximum absolute atomic E-state index is 2.52. The summed E-state index contributed by atoms with van der Waals surface area (Å²) < 4.78 is 4.97. The Balaban J connectivity index is 1.65. The van der Waals surface area contributed by atoms with Gasteiger partial charge in [-0.1, -0.05) is 115 Å². The summed E-state index contributed by atoms with van der Waals surface area (Å²) in [6.45, 7) is 0. The van der Waals surface area contributed by atoms with E-state index in [1.165, 1.54) is 76.5 Å². The number of benzene rings is 7. The Morgan fingerprint density at radius 2 is 0.875 bits per heavy atom. The minimum Gasteiger partial charge on any atom is -0.309 e. The SMILES string of the molecule is c1ccc(-n2c3ccccc3c3c2c2ccccc2c2c4ccccc4n(-c4cccc5ccccc45)c23)cc1. The second-order valence-electron chi connectivity index (χ2n) is 10.5. The molecule has 0 radical (unpaired) electrons. The maximum Gasteiger partial charge on any atom is 0.0648 e. The summed E-state index contributed by atoms with van der Waals surface area (Å²) in [5.74, 6) is 0. The van der Waals surface area contributed by atoms with Gasteiger partial charge in [0, 0.05) is 38.0 Å². The van der Waals surface area contributed by atoms with E-state index in [0.29, 0.717) is 0 Å².